The molecule has 1 aromatic rings. The number of nitrogens with one attached hydrogen (secondary N) is 1. The largest absolute Gasteiger partial charge is 0.454 e. The summed E-state index contributed by atoms with van der Waals surface area (Å²) < 4.78 is 11.2. The second kappa shape index (κ2) is 6.96. The van der Waals surface area contributed by atoms with Crippen molar-refractivity contribution < 1.29 is 19.1 Å². The minimum Gasteiger partial charge on any atom is -0.454 e. The highest BCUT2D eigenvalue weighted by molar-refractivity contribution is 8.45. The standard InChI is InChI=1S/C15H14N4O4S2/c20-12-2-1-5-19-14(17-12)25-15(18-19)24-7-13(21)16-9-3-4-10-11(6-9)23-8-22-10/h3-4,6H,1-2,5,7-8H2,(H,16,21). The van der Waals surface area contributed by atoms with Gasteiger partial charge in [0.25, 0.3) is 0 Å². The number of carbonyl (C=O) groups excluding carboxylic acids is 2. The molecular formula is C15H14N4O4S2. The van der Waals surface area contributed by atoms with Crippen LogP contribution in [0.3, 0.4) is 0 Å². The predicted octanol–water partition coefficient (Wildman–Crippen LogP) is 2.08. The summed E-state index contributed by atoms with van der Waals surface area (Å²) >= 11 is 2.65. The van der Waals surface area contributed by atoms with Gasteiger partial charge in [0.05, 0.1) is 5.75 Å². The van der Waals surface area contributed by atoms with Gasteiger partial charge in [-0.3, -0.25) is 9.59 Å². The average molecular weight is 378 g/mol. The summed E-state index contributed by atoms with van der Waals surface area (Å²) in [4.78, 5) is 27.7. The Labute approximate surface area is 152 Å². The maximum absolute atomic E-state index is 12.1. The fraction of sp³-hybridized carbons (Fsp3) is 0.333. The van der Waals surface area contributed by atoms with Crippen LogP contribution >= 0.6 is 23.5 Å². The first kappa shape index (κ1) is 16.3. The normalized spacial score (nSPS) is 18.4. The van der Waals surface area contributed by atoms with Gasteiger partial charge in [-0.2, -0.15) is 10.1 Å². The van der Waals surface area contributed by atoms with Crippen LogP contribution in [-0.4, -0.2) is 45.5 Å². The van der Waals surface area contributed by atoms with E-state index in [4.69, 9.17) is 9.47 Å². The van der Waals surface area contributed by atoms with Crippen LogP contribution in [0.2, 0.25) is 0 Å². The number of ether oxygens (including phenoxy) is 2. The molecule has 4 rings (SSSR count). The molecule has 10 heteroatoms. The minimum atomic E-state index is -0.146. The molecule has 0 aromatic heterocycles. The van der Waals surface area contributed by atoms with Crippen molar-refractivity contribution >= 4 is 50.6 Å². The van der Waals surface area contributed by atoms with Gasteiger partial charge in [0, 0.05) is 24.7 Å². The number of aliphatic imine (C=N–C) groups is 1. The molecule has 25 heavy (non-hydrogen) atoms. The van der Waals surface area contributed by atoms with Crippen molar-refractivity contribution in [2.75, 3.05) is 24.4 Å². The zero-order chi connectivity index (χ0) is 17.2. The molecule has 3 heterocycles. The van der Waals surface area contributed by atoms with Crippen molar-refractivity contribution in [2.24, 2.45) is 10.1 Å². The molecule has 0 atom stereocenters. The van der Waals surface area contributed by atoms with E-state index in [0.717, 1.165) is 6.42 Å². The number of carbonyl (C=O) groups is 2. The average Bonchev–Trinajstić information content (AvgIpc) is 3.16. The van der Waals surface area contributed by atoms with E-state index in [1.54, 1.807) is 23.2 Å². The van der Waals surface area contributed by atoms with E-state index < -0.39 is 0 Å². The van der Waals surface area contributed by atoms with Gasteiger partial charge in [0.1, 0.15) is 0 Å². The van der Waals surface area contributed by atoms with Gasteiger partial charge < -0.3 is 14.8 Å². The van der Waals surface area contributed by atoms with Gasteiger partial charge in [0.2, 0.25) is 18.6 Å². The Kier molecular flexibility index (Phi) is 4.53. The van der Waals surface area contributed by atoms with Crippen molar-refractivity contribution in [1.82, 2.24) is 5.01 Å². The molecule has 1 aromatic carbocycles. The molecule has 0 bridgehead atoms. The number of benzene rings is 1. The number of hydrogen-bond acceptors (Lipinski definition) is 8. The molecular weight excluding hydrogens is 364 g/mol. The monoisotopic (exact) mass is 378 g/mol. The quantitative estimate of drug-likeness (QED) is 0.861. The summed E-state index contributed by atoms with van der Waals surface area (Å²) in [5, 5.41) is 9.55. The molecule has 3 aliphatic heterocycles. The predicted molar refractivity (Wildman–Crippen MR) is 97.1 cm³/mol. The SMILES string of the molecule is O=C1CCCN2N=C(SCC(=O)Nc3ccc4c(c3)OCO4)SC2=N1. The van der Waals surface area contributed by atoms with Crippen molar-refractivity contribution in [3.63, 3.8) is 0 Å². The molecule has 0 saturated carbocycles. The molecule has 0 aliphatic carbocycles. The number of nitrogens with zero attached hydrogens (tertiary/aromatic N) is 3. The number of anilines is 1. The molecule has 0 fully saturated rings. The molecule has 0 saturated heterocycles. The number of amidine groups is 1. The fourth-order valence-electron chi connectivity index (χ4n) is 2.42. The maximum atomic E-state index is 12.1. The van der Waals surface area contributed by atoms with E-state index in [0.29, 0.717) is 39.7 Å². The molecule has 8 nitrogen and oxygen atoms in total. The second-order valence-electron chi connectivity index (χ2n) is 5.39. The lowest BCUT2D eigenvalue weighted by atomic mass is 10.3. The summed E-state index contributed by atoms with van der Waals surface area (Å²) in [6.45, 7) is 0.869. The highest BCUT2D eigenvalue weighted by Crippen LogP contribution is 2.34. The topological polar surface area (TPSA) is 92.6 Å². The Hall–Kier alpha value is -2.20. The van der Waals surface area contributed by atoms with Gasteiger partial charge in [-0.25, -0.2) is 5.01 Å². The number of thioether (sulfide) groups is 2. The van der Waals surface area contributed by atoms with Crippen LogP contribution in [0, 0.1) is 0 Å². The minimum absolute atomic E-state index is 0.119. The lowest BCUT2D eigenvalue weighted by Crippen LogP contribution is -2.18. The van der Waals surface area contributed by atoms with Crippen LogP contribution in [0.1, 0.15) is 12.8 Å². The Morgan fingerprint density at radius 3 is 3.16 bits per heavy atom. The zero-order valence-electron chi connectivity index (χ0n) is 13.1. The Bertz CT molecular complexity index is 796. The van der Waals surface area contributed by atoms with Crippen LogP contribution in [0.4, 0.5) is 5.69 Å². The van der Waals surface area contributed by atoms with Crippen molar-refractivity contribution in [1.29, 1.82) is 0 Å². The highest BCUT2D eigenvalue weighted by atomic mass is 32.2. The van der Waals surface area contributed by atoms with Gasteiger partial charge in [-0.15, -0.1) is 0 Å². The summed E-state index contributed by atoms with van der Waals surface area (Å²) in [6, 6.07) is 5.26. The van der Waals surface area contributed by atoms with E-state index in [-0.39, 0.29) is 24.4 Å². The van der Waals surface area contributed by atoms with Crippen LogP contribution < -0.4 is 14.8 Å². The molecule has 130 valence electrons. The Morgan fingerprint density at radius 2 is 2.24 bits per heavy atom. The van der Waals surface area contributed by atoms with Crippen LogP contribution in [0.15, 0.2) is 28.3 Å². The summed E-state index contributed by atoms with van der Waals surface area (Å²) in [5.41, 5.74) is 0.653. The zero-order valence-corrected chi connectivity index (χ0v) is 14.7. The van der Waals surface area contributed by atoms with E-state index in [9.17, 15) is 9.59 Å². The third kappa shape index (κ3) is 3.74. The highest BCUT2D eigenvalue weighted by Gasteiger charge is 2.27. The van der Waals surface area contributed by atoms with E-state index in [2.05, 4.69) is 15.4 Å². The second-order valence-corrected chi connectivity index (χ2v) is 7.57. The van der Waals surface area contributed by atoms with Crippen molar-refractivity contribution in [3.8, 4) is 11.5 Å². The molecule has 3 aliphatic rings. The van der Waals surface area contributed by atoms with Gasteiger partial charge in [0.15, 0.2) is 21.0 Å². The van der Waals surface area contributed by atoms with Crippen LogP contribution in [0.25, 0.3) is 0 Å². The lowest BCUT2D eigenvalue weighted by Gasteiger charge is -2.08. The smallest absolute Gasteiger partial charge is 0.248 e. The first-order valence-corrected chi connectivity index (χ1v) is 9.45. The number of hydrazone groups is 1. The van der Waals surface area contributed by atoms with Gasteiger partial charge in [-0.1, -0.05) is 11.8 Å². The molecule has 2 amide bonds. The summed E-state index contributed by atoms with van der Waals surface area (Å²) in [6.07, 6.45) is 1.19. The molecule has 0 unspecified atom stereocenters. The van der Waals surface area contributed by atoms with Crippen molar-refractivity contribution in [3.05, 3.63) is 18.2 Å². The van der Waals surface area contributed by atoms with E-state index in [1.807, 2.05) is 0 Å². The fourth-order valence-corrected chi connectivity index (χ4v) is 4.22. The third-order valence-electron chi connectivity index (χ3n) is 3.57. The Balaban J connectivity index is 1.31. The van der Waals surface area contributed by atoms with E-state index >= 15 is 0 Å². The number of hydrogen-bond donors (Lipinski definition) is 1. The summed E-state index contributed by atoms with van der Waals surface area (Å²) in [5.74, 6) is 1.25. The first-order valence-electron chi connectivity index (χ1n) is 7.65. The number of fused-ring (bicyclic) bond motifs is 2. The van der Waals surface area contributed by atoms with E-state index in [1.165, 1.54) is 23.5 Å². The molecule has 0 radical (unpaired) electrons. The van der Waals surface area contributed by atoms with Crippen molar-refractivity contribution in [2.45, 2.75) is 12.8 Å². The van der Waals surface area contributed by atoms with Crippen LogP contribution in [-0.2, 0) is 9.59 Å². The number of rotatable bonds is 3. The molecule has 1 N–H and O–H groups in total. The third-order valence-corrected chi connectivity index (χ3v) is 5.65. The maximum Gasteiger partial charge on any atom is 0.248 e. The van der Waals surface area contributed by atoms with Crippen LogP contribution in [0.5, 0.6) is 11.5 Å². The van der Waals surface area contributed by atoms with Gasteiger partial charge in [-0.05, 0) is 30.3 Å². The summed E-state index contributed by atoms with van der Waals surface area (Å²) in [7, 11) is 0. The van der Waals surface area contributed by atoms with Gasteiger partial charge >= 0.3 is 0 Å². The number of amides is 2. The molecule has 0 spiro atoms. The first-order chi connectivity index (χ1) is 12.2. The lowest BCUT2D eigenvalue weighted by molar-refractivity contribution is -0.117. The Morgan fingerprint density at radius 1 is 1.36 bits per heavy atom.